The van der Waals surface area contributed by atoms with Crippen LogP contribution < -0.4 is 10.6 Å². The number of para-hydroxylation sites is 1. The van der Waals surface area contributed by atoms with Gasteiger partial charge in [-0.25, -0.2) is 0 Å². The molecule has 0 unspecified atom stereocenters. The first-order chi connectivity index (χ1) is 13.6. The summed E-state index contributed by atoms with van der Waals surface area (Å²) in [5, 5.41) is 7.86. The van der Waals surface area contributed by atoms with Crippen LogP contribution in [-0.2, 0) is 0 Å². The van der Waals surface area contributed by atoms with Crippen LogP contribution >= 0.6 is 11.3 Å². The lowest BCUT2D eigenvalue weighted by molar-refractivity contribution is 0.0943. The normalized spacial score (nSPS) is 11.8. The summed E-state index contributed by atoms with van der Waals surface area (Å²) in [6, 6.07) is 20.1. The van der Waals surface area contributed by atoms with E-state index in [0.717, 1.165) is 0 Å². The highest BCUT2D eigenvalue weighted by Gasteiger charge is 2.18. The predicted octanol–water partition coefficient (Wildman–Crippen LogP) is 4.03. The first kappa shape index (κ1) is 19.8. The molecule has 0 saturated heterocycles. The number of nitrogens with zero attached hydrogens (tertiary/aromatic N) is 1. The molecule has 0 saturated carbocycles. The molecule has 0 spiro atoms. The molecule has 0 fully saturated rings. The Hall–Kier alpha value is -2.96. The number of nitrogens with one attached hydrogen (secondary N) is 2. The Morgan fingerprint density at radius 2 is 1.64 bits per heavy atom. The number of benzene rings is 2. The number of carbonyl (C=O) groups is 2. The number of hydrogen-bond donors (Lipinski definition) is 2. The van der Waals surface area contributed by atoms with Crippen molar-refractivity contribution in [3.8, 4) is 0 Å². The number of amides is 2. The molecule has 0 aliphatic heterocycles. The number of thiophene rings is 1. The van der Waals surface area contributed by atoms with Crippen LogP contribution in [0.1, 0.15) is 31.6 Å². The Labute approximate surface area is 169 Å². The Balaban J connectivity index is 1.71. The molecule has 1 atom stereocenters. The van der Waals surface area contributed by atoms with Gasteiger partial charge in [-0.1, -0.05) is 36.4 Å². The zero-order chi connectivity index (χ0) is 19.9. The van der Waals surface area contributed by atoms with E-state index in [1.807, 2.05) is 31.6 Å². The Bertz CT molecular complexity index is 924. The van der Waals surface area contributed by atoms with E-state index >= 15 is 0 Å². The Morgan fingerprint density at radius 1 is 0.929 bits per heavy atom. The van der Waals surface area contributed by atoms with E-state index in [4.69, 9.17) is 0 Å². The van der Waals surface area contributed by atoms with Gasteiger partial charge < -0.3 is 15.5 Å². The molecular weight excluding hydrogens is 370 g/mol. The molecule has 2 N–H and O–H groups in total. The summed E-state index contributed by atoms with van der Waals surface area (Å²) < 4.78 is 0. The van der Waals surface area contributed by atoms with Crippen molar-refractivity contribution < 1.29 is 9.59 Å². The van der Waals surface area contributed by atoms with Crippen LogP contribution in [-0.4, -0.2) is 37.4 Å². The van der Waals surface area contributed by atoms with Gasteiger partial charge in [0, 0.05) is 17.0 Å². The first-order valence-electron chi connectivity index (χ1n) is 8.99. The molecule has 0 aliphatic carbocycles. The quantitative estimate of drug-likeness (QED) is 0.637. The summed E-state index contributed by atoms with van der Waals surface area (Å²) in [7, 11) is 3.98. The van der Waals surface area contributed by atoms with Crippen molar-refractivity contribution in [2.45, 2.75) is 6.04 Å². The number of carbonyl (C=O) groups excluding carboxylic acids is 2. The van der Waals surface area contributed by atoms with Crippen molar-refractivity contribution >= 4 is 28.8 Å². The molecule has 5 nitrogen and oxygen atoms in total. The van der Waals surface area contributed by atoms with Crippen molar-refractivity contribution in [2.75, 3.05) is 26.0 Å². The summed E-state index contributed by atoms with van der Waals surface area (Å²) in [5.41, 5.74) is 1.48. The summed E-state index contributed by atoms with van der Waals surface area (Å²) in [5.74, 6) is -0.460. The van der Waals surface area contributed by atoms with E-state index in [-0.39, 0.29) is 17.9 Å². The van der Waals surface area contributed by atoms with Crippen molar-refractivity contribution in [1.82, 2.24) is 10.2 Å². The largest absolute Gasteiger partial charge is 0.350 e. The fourth-order valence-corrected chi connectivity index (χ4v) is 3.80. The van der Waals surface area contributed by atoms with Gasteiger partial charge in [0.05, 0.1) is 17.3 Å². The third-order valence-corrected chi connectivity index (χ3v) is 5.38. The third kappa shape index (κ3) is 4.85. The van der Waals surface area contributed by atoms with Crippen LogP contribution in [0.4, 0.5) is 5.69 Å². The van der Waals surface area contributed by atoms with Gasteiger partial charge in [0.15, 0.2) is 0 Å². The average Bonchev–Trinajstić information content (AvgIpc) is 3.23. The monoisotopic (exact) mass is 393 g/mol. The lowest BCUT2D eigenvalue weighted by Gasteiger charge is -2.23. The zero-order valence-corrected chi connectivity index (χ0v) is 16.7. The van der Waals surface area contributed by atoms with E-state index in [0.29, 0.717) is 23.4 Å². The van der Waals surface area contributed by atoms with E-state index in [1.54, 1.807) is 59.9 Å². The van der Waals surface area contributed by atoms with Gasteiger partial charge in [0.1, 0.15) is 0 Å². The van der Waals surface area contributed by atoms with Gasteiger partial charge in [0.2, 0.25) is 0 Å². The summed E-state index contributed by atoms with van der Waals surface area (Å²) in [4.78, 5) is 28.5. The SMILES string of the molecule is CN(C)[C@@H](CNC(=O)c1ccccc1NC(=O)c1ccccc1)c1cccs1. The van der Waals surface area contributed by atoms with Crippen LogP contribution in [0.2, 0.25) is 0 Å². The second kappa shape index (κ2) is 9.30. The maximum atomic E-state index is 12.8. The molecule has 6 heteroatoms. The summed E-state index contributed by atoms with van der Waals surface area (Å²) in [6.45, 7) is 0.479. The molecular formula is C22H23N3O2S. The fourth-order valence-electron chi connectivity index (χ4n) is 2.88. The van der Waals surface area contributed by atoms with Crippen molar-refractivity contribution in [1.29, 1.82) is 0 Å². The molecule has 0 bridgehead atoms. The Morgan fingerprint density at radius 3 is 2.32 bits per heavy atom. The summed E-state index contributed by atoms with van der Waals surface area (Å²) in [6.07, 6.45) is 0. The van der Waals surface area contributed by atoms with Crippen molar-refractivity contribution in [3.63, 3.8) is 0 Å². The van der Waals surface area contributed by atoms with Gasteiger partial charge in [-0.05, 0) is 49.8 Å². The van der Waals surface area contributed by atoms with E-state index < -0.39 is 0 Å². The number of rotatable bonds is 7. The minimum absolute atomic E-state index is 0.0926. The Kier molecular flexibility index (Phi) is 6.57. The molecule has 28 heavy (non-hydrogen) atoms. The predicted molar refractivity (Wildman–Crippen MR) is 114 cm³/mol. The number of hydrogen-bond acceptors (Lipinski definition) is 4. The topological polar surface area (TPSA) is 61.4 Å². The molecule has 2 amide bonds. The van der Waals surface area contributed by atoms with E-state index in [1.165, 1.54) is 4.88 Å². The fraction of sp³-hybridized carbons (Fsp3) is 0.182. The van der Waals surface area contributed by atoms with E-state index in [2.05, 4.69) is 21.6 Å². The van der Waals surface area contributed by atoms with Crippen molar-refractivity contribution in [2.24, 2.45) is 0 Å². The van der Waals surface area contributed by atoms with E-state index in [9.17, 15) is 9.59 Å². The molecule has 0 aliphatic rings. The van der Waals surface area contributed by atoms with Gasteiger partial charge in [-0.3, -0.25) is 9.59 Å². The van der Waals surface area contributed by atoms with Crippen LogP contribution in [0.15, 0.2) is 72.1 Å². The van der Waals surface area contributed by atoms with Gasteiger partial charge in [-0.2, -0.15) is 0 Å². The molecule has 144 valence electrons. The zero-order valence-electron chi connectivity index (χ0n) is 15.9. The maximum absolute atomic E-state index is 12.8. The highest BCUT2D eigenvalue weighted by molar-refractivity contribution is 7.10. The smallest absolute Gasteiger partial charge is 0.255 e. The summed E-state index contributed by atoms with van der Waals surface area (Å²) >= 11 is 1.67. The second-order valence-electron chi connectivity index (χ2n) is 6.57. The lowest BCUT2D eigenvalue weighted by atomic mass is 10.1. The first-order valence-corrected chi connectivity index (χ1v) is 9.87. The molecule has 1 aromatic heterocycles. The van der Waals surface area contributed by atoms with Gasteiger partial charge >= 0.3 is 0 Å². The highest BCUT2D eigenvalue weighted by Crippen LogP contribution is 2.23. The van der Waals surface area contributed by atoms with Crippen LogP contribution in [0.25, 0.3) is 0 Å². The highest BCUT2D eigenvalue weighted by atomic mass is 32.1. The van der Waals surface area contributed by atoms with Crippen LogP contribution in [0, 0.1) is 0 Å². The molecule has 0 radical (unpaired) electrons. The maximum Gasteiger partial charge on any atom is 0.255 e. The van der Waals surface area contributed by atoms with Crippen molar-refractivity contribution in [3.05, 3.63) is 88.1 Å². The van der Waals surface area contributed by atoms with Crippen LogP contribution in [0.3, 0.4) is 0 Å². The number of anilines is 1. The van der Waals surface area contributed by atoms with Gasteiger partial charge in [-0.15, -0.1) is 11.3 Å². The molecule has 3 aromatic rings. The second-order valence-corrected chi connectivity index (χ2v) is 7.55. The lowest BCUT2D eigenvalue weighted by Crippen LogP contribution is -2.34. The average molecular weight is 394 g/mol. The molecule has 1 heterocycles. The standard InChI is InChI=1S/C22H23N3O2S/c1-25(2)19(20-13-8-14-28-20)15-23-22(27)17-11-6-7-12-18(17)24-21(26)16-9-4-3-5-10-16/h3-14,19H,15H2,1-2H3,(H,23,27)(H,24,26)/t19-/m0/s1. The van der Waals surface area contributed by atoms with Gasteiger partial charge in [0.25, 0.3) is 11.8 Å². The minimum Gasteiger partial charge on any atom is -0.350 e. The molecule has 3 rings (SSSR count). The molecule has 2 aromatic carbocycles. The third-order valence-electron chi connectivity index (χ3n) is 4.41. The minimum atomic E-state index is -0.245. The number of likely N-dealkylation sites (N-methyl/N-ethyl adjacent to an activating group) is 1. The van der Waals surface area contributed by atoms with Crippen LogP contribution in [0.5, 0.6) is 0 Å².